The molecule has 150 valence electrons. The molecule has 29 heavy (non-hydrogen) atoms. The van der Waals surface area contributed by atoms with Gasteiger partial charge < -0.3 is 25.0 Å². The number of carbonyl (C=O) groups excluding carboxylic acids is 3. The van der Waals surface area contributed by atoms with Crippen LogP contribution in [0.15, 0.2) is 42.5 Å². The first kappa shape index (κ1) is 18.8. The molecule has 1 unspecified atom stereocenters. The van der Waals surface area contributed by atoms with Gasteiger partial charge in [-0.15, -0.1) is 0 Å². The zero-order chi connectivity index (χ0) is 20.4. The predicted octanol–water partition coefficient (Wildman–Crippen LogP) is 2.41. The van der Waals surface area contributed by atoms with Gasteiger partial charge in [-0.05, 0) is 30.3 Å². The first-order chi connectivity index (χ1) is 14.0. The van der Waals surface area contributed by atoms with Gasteiger partial charge in [0, 0.05) is 43.0 Å². The Hall–Kier alpha value is -3.55. The molecule has 2 aromatic carbocycles. The van der Waals surface area contributed by atoms with Crippen LogP contribution in [0, 0.1) is 5.92 Å². The van der Waals surface area contributed by atoms with E-state index in [1.807, 2.05) is 0 Å². The van der Waals surface area contributed by atoms with Crippen LogP contribution in [-0.4, -0.2) is 37.5 Å². The molecule has 0 spiro atoms. The third-order valence-corrected chi connectivity index (χ3v) is 4.78. The quantitative estimate of drug-likeness (QED) is 0.829. The maximum atomic E-state index is 12.7. The van der Waals surface area contributed by atoms with Crippen molar-refractivity contribution in [3.05, 3.63) is 42.5 Å². The van der Waals surface area contributed by atoms with E-state index in [0.29, 0.717) is 41.8 Å². The number of hydrogen-bond donors (Lipinski definition) is 2. The van der Waals surface area contributed by atoms with E-state index in [-0.39, 0.29) is 30.7 Å². The Balaban J connectivity index is 1.44. The van der Waals surface area contributed by atoms with Crippen molar-refractivity contribution < 1.29 is 23.9 Å². The van der Waals surface area contributed by atoms with Crippen LogP contribution in [0.25, 0.3) is 0 Å². The molecule has 2 aliphatic heterocycles. The second-order valence-corrected chi connectivity index (χ2v) is 6.98. The summed E-state index contributed by atoms with van der Waals surface area (Å²) >= 11 is 0. The van der Waals surface area contributed by atoms with Crippen LogP contribution in [0.2, 0.25) is 0 Å². The summed E-state index contributed by atoms with van der Waals surface area (Å²) in [7, 11) is 0. The number of ether oxygens (including phenoxy) is 2. The van der Waals surface area contributed by atoms with Crippen molar-refractivity contribution in [1.82, 2.24) is 0 Å². The monoisotopic (exact) mass is 395 g/mol. The lowest BCUT2D eigenvalue weighted by molar-refractivity contribution is -0.122. The van der Waals surface area contributed by atoms with Crippen molar-refractivity contribution in [3.63, 3.8) is 0 Å². The highest BCUT2D eigenvalue weighted by Gasteiger charge is 2.35. The number of hydrogen-bond acceptors (Lipinski definition) is 5. The Morgan fingerprint density at radius 3 is 2.48 bits per heavy atom. The third kappa shape index (κ3) is 4.16. The highest BCUT2D eigenvalue weighted by Crippen LogP contribution is 2.36. The fourth-order valence-electron chi connectivity index (χ4n) is 3.45. The van der Waals surface area contributed by atoms with Gasteiger partial charge >= 0.3 is 0 Å². The maximum Gasteiger partial charge on any atom is 0.229 e. The number of benzene rings is 2. The number of rotatable bonds is 4. The fraction of sp³-hybridized carbons (Fsp3) is 0.286. The lowest BCUT2D eigenvalue weighted by atomic mass is 10.1. The normalized spacial score (nSPS) is 17.8. The smallest absolute Gasteiger partial charge is 0.229 e. The molecule has 2 heterocycles. The van der Waals surface area contributed by atoms with Gasteiger partial charge in [-0.1, -0.05) is 6.07 Å². The van der Waals surface area contributed by atoms with Gasteiger partial charge in [0.25, 0.3) is 0 Å². The summed E-state index contributed by atoms with van der Waals surface area (Å²) in [6.07, 6.45) is 0.131. The van der Waals surface area contributed by atoms with E-state index in [9.17, 15) is 14.4 Å². The molecule has 8 heteroatoms. The topological polar surface area (TPSA) is 97.0 Å². The minimum Gasteiger partial charge on any atom is -0.486 e. The first-order valence-electron chi connectivity index (χ1n) is 9.38. The summed E-state index contributed by atoms with van der Waals surface area (Å²) in [5, 5.41) is 5.50. The molecule has 1 saturated heterocycles. The highest BCUT2D eigenvalue weighted by atomic mass is 16.6. The van der Waals surface area contributed by atoms with Crippen LogP contribution < -0.4 is 25.0 Å². The predicted molar refractivity (Wildman–Crippen MR) is 107 cm³/mol. The number of amides is 3. The number of nitrogens with one attached hydrogen (secondary N) is 2. The summed E-state index contributed by atoms with van der Waals surface area (Å²) in [4.78, 5) is 38.0. The van der Waals surface area contributed by atoms with Gasteiger partial charge in [0.1, 0.15) is 13.2 Å². The molecule has 3 amide bonds. The maximum absolute atomic E-state index is 12.7. The molecule has 2 aromatic rings. The lowest BCUT2D eigenvalue weighted by Crippen LogP contribution is -2.28. The van der Waals surface area contributed by atoms with Gasteiger partial charge in [-0.3, -0.25) is 14.4 Å². The van der Waals surface area contributed by atoms with E-state index in [0.717, 1.165) is 0 Å². The molecular formula is C21H21N3O5. The molecular weight excluding hydrogens is 374 g/mol. The van der Waals surface area contributed by atoms with Crippen molar-refractivity contribution in [3.8, 4) is 11.5 Å². The van der Waals surface area contributed by atoms with Crippen LogP contribution in [0.4, 0.5) is 17.1 Å². The molecule has 0 saturated carbocycles. The second kappa shape index (κ2) is 7.83. The van der Waals surface area contributed by atoms with E-state index in [2.05, 4.69) is 10.6 Å². The summed E-state index contributed by atoms with van der Waals surface area (Å²) in [5.74, 6) is 0.237. The van der Waals surface area contributed by atoms with Crippen LogP contribution in [0.3, 0.4) is 0 Å². The average molecular weight is 395 g/mol. The van der Waals surface area contributed by atoms with E-state index in [1.54, 1.807) is 47.4 Å². The SMILES string of the molecule is CC(=O)Nc1cccc(NC(=O)C2CC(=O)N(c3ccc4c(c3)OCCO4)C2)c1. The molecule has 1 atom stereocenters. The van der Waals surface area contributed by atoms with Gasteiger partial charge in [0.2, 0.25) is 17.7 Å². The zero-order valence-corrected chi connectivity index (χ0v) is 15.9. The summed E-state index contributed by atoms with van der Waals surface area (Å²) in [6, 6.07) is 12.2. The average Bonchev–Trinajstić information content (AvgIpc) is 3.09. The Kier molecular flexibility index (Phi) is 5.07. The Morgan fingerprint density at radius 2 is 1.72 bits per heavy atom. The van der Waals surface area contributed by atoms with E-state index < -0.39 is 5.92 Å². The number of nitrogens with zero attached hydrogens (tertiary/aromatic N) is 1. The van der Waals surface area contributed by atoms with E-state index in [1.165, 1.54) is 6.92 Å². The van der Waals surface area contributed by atoms with Crippen molar-refractivity contribution in [2.45, 2.75) is 13.3 Å². The van der Waals surface area contributed by atoms with Crippen molar-refractivity contribution in [1.29, 1.82) is 0 Å². The summed E-state index contributed by atoms with van der Waals surface area (Å²) in [6.45, 7) is 2.67. The Bertz CT molecular complexity index is 975. The second-order valence-electron chi connectivity index (χ2n) is 6.98. The van der Waals surface area contributed by atoms with Gasteiger partial charge in [-0.25, -0.2) is 0 Å². The molecule has 8 nitrogen and oxygen atoms in total. The van der Waals surface area contributed by atoms with Crippen molar-refractivity contribution in [2.24, 2.45) is 5.92 Å². The lowest BCUT2D eigenvalue weighted by Gasteiger charge is -2.22. The minimum absolute atomic E-state index is 0.117. The molecule has 2 aliphatic rings. The van der Waals surface area contributed by atoms with Crippen LogP contribution in [-0.2, 0) is 14.4 Å². The highest BCUT2D eigenvalue weighted by molar-refractivity contribution is 6.04. The van der Waals surface area contributed by atoms with Gasteiger partial charge in [0.05, 0.1) is 5.92 Å². The van der Waals surface area contributed by atoms with E-state index in [4.69, 9.17) is 9.47 Å². The third-order valence-electron chi connectivity index (χ3n) is 4.78. The Morgan fingerprint density at radius 1 is 1.00 bits per heavy atom. The largest absolute Gasteiger partial charge is 0.486 e. The van der Waals surface area contributed by atoms with Crippen molar-refractivity contribution in [2.75, 3.05) is 35.3 Å². The number of anilines is 3. The van der Waals surface area contributed by atoms with Crippen LogP contribution in [0.1, 0.15) is 13.3 Å². The Labute approximate surface area is 167 Å². The molecule has 0 bridgehead atoms. The number of fused-ring (bicyclic) bond motifs is 1. The molecule has 0 radical (unpaired) electrons. The summed E-state index contributed by atoms with van der Waals surface area (Å²) in [5.41, 5.74) is 1.84. The van der Waals surface area contributed by atoms with Crippen LogP contribution >= 0.6 is 0 Å². The molecule has 0 aliphatic carbocycles. The number of carbonyl (C=O) groups is 3. The first-order valence-corrected chi connectivity index (χ1v) is 9.38. The molecule has 1 fully saturated rings. The van der Waals surface area contributed by atoms with Gasteiger partial charge in [0.15, 0.2) is 11.5 Å². The van der Waals surface area contributed by atoms with Crippen LogP contribution in [0.5, 0.6) is 11.5 Å². The van der Waals surface area contributed by atoms with Gasteiger partial charge in [-0.2, -0.15) is 0 Å². The van der Waals surface area contributed by atoms with Crippen molar-refractivity contribution >= 4 is 34.8 Å². The molecule has 4 rings (SSSR count). The summed E-state index contributed by atoms with van der Waals surface area (Å²) < 4.78 is 11.1. The molecule has 2 N–H and O–H groups in total. The minimum atomic E-state index is -0.472. The molecule has 0 aromatic heterocycles. The fourth-order valence-corrected chi connectivity index (χ4v) is 3.45. The zero-order valence-electron chi connectivity index (χ0n) is 15.9. The standard InChI is InChI=1S/C21H21N3O5/c1-13(25)22-15-3-2-4-16(10-15)23-21(27)14-9-20(26)24(12-14)17-5-6-18-19(11-17)29-8-7-28-18/h2-6,10-11,14H,7-9,12H2,1H3,(H,22,25)(H,23,27). The van der Waals surface area contributed by atoms with E-state index >= 15 is 0 Å².